The number of fused-ring (bicyclic) bond motifs is 2. The van der Waals surface area contributed by atoms with Gasteiger partial charge in [0.2, 0.25) is 5.88 Å². The van der Waals surface area contributed by atoms with E-state index in [9.17, 15) is 31.1 Å². The van der Waals surface area contributed by atoms with Gasteiger partial charge in [0.15, 0.2) is 5.69 Å². The second kappa shape index (κ2) is 8.76. The maximum Gasteiger partial charge on any atom is 0.416 e. The lowest BCUT2D eigenvalue weighted by Crippen LogP contribution is -2.43. The van der Waals surface area contributed by atoms with Crippen LogP contribution in [0.5, 0.6) is 11.6 Å². The Balaban J connectivity index is 1.35. The number of benzene rings is 1. The summed E-state index contributed by atoms with van der Waals surface area (Å²) in [4.78, 5) is 12.6. The molecule has 0 fully saturated rings. The van der Waals surface area contributed by atoms with E-state index >= 15 is 0 Å². The van der Waals surface area contributed by atoms with Crippen LogP contribution in [0.25, 0.3) is 0 Å². The third-order valence-electron chi connectivity index (χ3n) is 5.12. The fraction of sp³-hybridized carbons (Fsp3) is 0.500. The molecule has 180 valence electrons. The summed E-state index contributed by atoms with van der Waals surface area (Å²) in [5.41, 5.74) is -0.461. The summed E-state index contributed by atoms with van der Waals surface area (Å²) >= 11 is 0. The molecular formula is C20H19F6N3O4. The molecule has 4 rings (SSSR count). The van der Waals surface area contributed by atoms with Crippen LogP contribution in [0, 0.1) is 0 Å². The molecule has 0 saturated heterocycles. The highest BCUT2D eigenvalue weighted by Crippen LogP contribution is 2.34. The molecule has 1 unspecified atom stereocenters. The molecule has 0 radical (unpaired) electrons. The molecule has 0 bridgehead atoms. The van der Waals surface area contributed by atoms with E-state index in [-0.39, 0.29) is 31.2 Å². The smallest absolute Gasteiger partial charge is 0.416 e. The van der Waals surface area contributed by atoms with Crippen LogP contribution in [0.4, 0.5) is 26.3 Å². The summed E-state index contributed by atoms with van der Waals surface area (Å²) in [6, 6.07) is 3.97. The molecule has 33 heavy (non-hydrogen) atoms. The molecule has 1 amide bonds. The van der Waals surface area contributed by atoms with Gasteiger partial charge in [-0.1, -0.05) is 0 Å². The lowest BCUT2D eigenvalue weighted by atomic mass is 10.00. The maximum atomic E-state index is 13.0. The summed E-state index contributed by atoms with van der Waals surface area (Å²) < 4.78 is 92.5. The Kier molecular flexibility index (Phi) is 6.16. The number of alkyl halides is 6. The standard InChI is InChI=1S/C20H19F6N3O4/c21-19(22,23)10-31-9-14-3-4-29-17(33-14)7-15(28-29)18(30)27-13-6-11-5-12(20(24,25)26)1-2-16(11)32-8-13/h1-2,5,7,13-14H,3-4,6,8-10H2,(H,27,30)/t13-,14?/m1/s1. The number of carbonyl (C=O) groups is 1. The average molecular weight is 479 g/mol. The van der Waals surface area contributed by atoms with Crippen LogP contribution in [0.15, 0.2) is 24.3 Å². The summed E-state index contributed by atoms with van der Waals surface area (Å²) in [6.07, 6.45) is -9.04. The number of amides is 1. The van der Waals surface area contributed by atoms with Crippen molar-refractivity contribution in [2.24, 2.45) is 0 Å². The number of rotatable bonds is 5. The summed E-state index contributed by atoms with van der Waals surface area (Å²) in [7, 11) is 0. The first-order valence-electron chi connectivity index (χ1n) is 10.0. The fourth-order valence-electron chi connectivity index (χ4n) is 3.61. The van der Waals surface area contributed by atoms with Crippen molar-refractivity contribution in [2.75, 3.05) is 19.8 Å². The highest BCUT2D eigenvalue weighted by molar-refractivity contribution is 5.92. The van der Waals surface area contributed by atoms with Crippen LogP contribution in [0.3, 0.4) is 0 Å². The Morgan fingerprint density at radius 3 is 2.73 bits per heavy atom. The first-order chi connectivity index (χ1) is 15.5. The fourth-order valence-corrected chi connectivity index (χ4v) is 3.61. The van der Waals surface area contributed by atoms with E-state index in [1.165, 1.54) is 16.8 Å². The second-order valence-corrected chi connectivity index (χ2v) is 7.76. The molecule has 2 aliphatic rings. The van der Waals surface area contributed by atoms with E-state index in [1.807, 2.05) is 0 Å². The molecule has 1 aromatic heterocycles. The maximum absolute atomic E-state index is 13.0. The van der Waals surface area contributed by atoms with Crippen molar-refractivity contribution in [3.05, 3.63) is 41.1 Å². The lowest BCUT2D eigenvalue weighted by molar-refractivity contribution is -0.179. The first-order valence-corrected chi connectivity index (χ1v) is 10.0. The van der Waals surface area contributed by atoms with Gasteiger partial charge in [0.1, 0.15) is 25.1 Å². The SMILES string of the molecule is O=C(N[C@H]1COc2ccc(C(F)(F)F)cc2C1)c1cc2n(n1)CCC(COCC(F)(F)F)O2. The number of carbonyl (C=O) groups excluding carboxylic acids is 1. The zero-order chi connectivity index (χ0) is 23.8. The number of hydrogen-bond donors (Lipinski definition) is 1. The van der Waals surface area contributed by atoms with Crippen LogP contribution >= 0.6 is 0 Å². The molecule has 2 aliphatic heterocycles. The molecule has 3 heterocycles. The van der Waals surface area contributed by atoms with E-state index in [2.05, 4.69) is 15.2 Å². The second-order valence-electron chi connectivity index (χ2n) is 7.76. The number of halogens is 6. The van der Waals surface area contributed by atoms with Gasteiger partial charge < -0.3 is 19.5 Å². The topological polar surface area (TPSA) is 74.6 Å². The van der Waals surface area contributed by atoms with E-state index < -0.39 is 42.6 Å². The zero-order valence-electron chi connectivity index (χ0n) is 17.0. The normalized spacial score (nSPS) is 20.3. The molecule has 2 atom stereocenters. The van der Waals surface area contributed by atoms with Gasteiger partial charge in [-0.25, -0.2) is 4.68 Å². The van der Waals surface area contributed by atoms with Crippen LogP contribution < -0.4 is 14.8 Å². The van der Waals surface area contributed by atoms with Crippen LogP contribution in [-0.2, 0) is 23.9 Å². The van der Waals surface area contributed by atoms with E-state index in [0.29, 0.717) is 24.3 Å². The van der Waals surface area contributed by atoms with Gasteiger partial charge in [-0.15, -0.1) is 0 Å². The van der Waals surface area contributed by atoms with Crippen LogP contribution in [0.1, 0.15) is 28.0 Å². The summed E-state index contributed by atoms with van der Waals surface area (Å²) in [6.45, 7) is -1.24. The van der Waals surface area contributed by atoms with Crippen LogP contribution in [0.2, 0.25) is 0 Å². The Labute approximate surface area is 183 Å². The number of aromatic nitrogens is 2. The largest absolute Gasteiger partial charge is 0.491 e. The predicted octanol–water partition coefficient (Wildman–Crippen LogP) is 3.37. The van der Waals surface area contributed by atoms with Crippen molar-refractivity contribution in [3.63, 3.8) is 0 Å². The Morgan fingerprint density at radius 2 is 2.00 bits per heavy atom. The Morgan fingerprint density at radius 1 is 1.21 bits per heavy atom. The van der Waals surface area contributed by atoms with Crippen molar-refractivity contribution in [1.29, 1.82) is 0 Å². The zero-order valence-corrected chi connectivity index (χ0v) is 17.0. The van der Waals surface area contributed by atoms with Crippen molar-refractivity contribution < 1.29 is 45.3 Å². The summed E-state index contributed by atoms with van der Waals surface area (Å²) in [5.74, 6) is -0.0281. The predicted molar refractivity (Wildman–Crippen MR) is 100 cm³/mol. The number of nitrogens with zero attached hydrogens (tertiary/aromatic N) is 2. The van der Waals surface area contributed by atoms with Gasteiger partial charge in [0, 0.05) is 19.0 Å². The lowest BCUT2D eigenvalue weighted by Gasteiger charge is -2.26. The highest BCUT2D eigenvalue weighted by Gasteiger charge is 2.33. The Bertz CT molecular complexity index is 1020. The third kappa shape index (κ3) is 5.70. The molecular weight excluding hydrogens is 460 g/mol. The molecule has 1 N–H and O–H groups in total. The molecule has 1 aromatic carbocycles. The van der Waals surface area contributed by atoms with E-state index in [1.54, 1.807) is 0 Å². The van der Waals surface area contributed by atoms with Gasteiger partial charge in [-0.05, 0) is 30.2 Å². The quantitative estimate of drug-likeness (QED) is 0.666. The van der Waals surface area contributed by atoms with Gasteiger partial charge in [0.25, 0.3) is 5.91 Å². The van der Waals surface area contributed by atoms with Crippen LogP contribution in [-0.4, -0.2) is 53.8 Å². The van der Waals surface area contributed by atoms with Gasteiger partial charge in [0.05, 0.1) is 18.2 Å². The minimum absolute atomic E-state index is 0.0108. The summed E-state index contributed by atoms with van der Waals surface area (Å²) in [5, 5.41) is 6.81. The molecule has 0 aliphatic carbocycles. The van der Waals surface area contributed by atoms with Gasteiger partial charge in [-0.3, -0.25) is 4.79 Å². The minimum Gasteiger partial charge on any atom is -0.491 e. The van der Waals surface area contributed by atoms with E-state index in [4.69, 9.17) is 9.47 Å². The van der Waals surface area contributed by atoms with Crippen molar-refractivity contribution in [3.8, 4) is 11.6 Å². The number of hydrogen-bond acceptors (Lipinski definition) is 5. The van der Waals surface area contributed by atoms with Gasteiger partial charge in [-0.2, -0.15) is 31.4 Å². The van der Waals surface area contributed by atoms with Crippen molar-refractivity contribution >= 4 is 5.91 Å². The first kappa shape index (κ1) is 23.2. The van der Waals surface area contributed by atoms with Crippen molar-refractivity contribution in [2.45, 2.75) is 43.9 Å². The molecule has 7 nitrogen and oxygen atoms in total. The monoisotopic (exact) mass is 479 g/mol. The Hall–Kier alpha value is -2.96. The third-order valence-corrected chi connectivity index (χ3v) is 5.12. The average Bonchev–Trinajstić information content (AvgIpc) is 3.15. The molecule has 0 spiro atoms. The molecule has 0 saturated carbocycles. The van der Waals surface area contributed by atoms with Crippen molar-refractivity contribution in [1.82, 2.24) is 15.1 Å². The minimum atomic E-state index is -4.49. The van der Waals surface area contributed by atoms with Gasteiger partial charge >= 0.3 is 12.4 Å². The molecule has 13 heteroatoms. The number of nitrogens with one attached hydrogen (secondary N) is 1. The number of ether oxygens (including phenoxy) is 3. The highest BCUT2D eigenvalue weighted by atomic mass is 19.4. The van der Waals surface area contributed by atoms with E-state index in [0.717, 1.165) is 12.1 Å². The number of aryl methyl sites for hydroxylation is 1. The molecule has 2 aromatic rings.